The molecule has 0 saturated heterocycles. The van der Waals surface area contributed by atoms with Gasteiger partial charge in [-0.25, -0.2) is 4.98 Å². The average Bonchev–Trinajstić information content (AvgIpc) is 2.83. The van der Waals surface area contributed by atoms with Gasteiger partial charge in [0.2, 0.25) is 0 Å². The fourth-order valence-electron chi connectivity index (χ4n) is 1.19. The molecule has 1 unspecified atom stereocenters. The summed E-state index contributed by atoms with van der Waals surface area (Å²) in [6.07, 6.45) is 2.67. The van der Waals surface area contributed by atoms with Crippen molar-refractivity contribution >= 4 is 11.3 Å². The Labute approximate surface area is 76.8 Å². The molecule has 0 amide bonds. The fourth-order valence-corrected chi connectivity index (χ4v) is 2.17. The molecule has 0 spiro atoms. The third kappa shape index (κ3) is 1.52. The van der Waals surface area contributed by atoms with Crippen LogP contribution in [0.2, 0.25) is 0 Å². The Morgan fingerprint density at radius 3 is 3.08 bits per heavy atom. The van der Waals surface area contributed by atoms with Crippen LogP contribution in [0.1, 0.15) is 42.3 Å². The van der Waals surface area contributed by atoms with E-state index in [2.05, 4.69) is 17.3 Å². The van der Waals surface area contributed by atoms with Gasteiger partial charge in [-0.2, -0.15) is 0 Å². The molecular formula is C9H14N2S. The van der Waals surface area contributed by atoms with Gasteiger partial charge in [-0.3, -0.25) is 0 Å². The SMILES string of the molecule is CC(CN)c1nc(C2CC2)cs1. The maximum atomic E-state index is 5.57. The predicted molar refractivity (Wildman–Crippen MR) is 51.6 cm³/mol. The molecule has 1 saturated carbocycles. The van der Waals surface area contributed by atoms with Gasteiger partial charge in [0.05, 0.1) is 10.7 Å². The largest absolute Gasteiger partial charge is 0.330 e. The van der Waals surface area contributed by atoms with Gasteiger partial charge in [-0.1, -0.05) is 6.92 Å². The zero-order valence-electron chi connectivity index (χ0n) is 7.29. The smallest absolute Gasteiger partial charge is 0.0969 e. The highest BCUT2D eigenvalue weighted by Crippen LogP contribution is 2.40. The zero-order valence-corrected chi connectivity index (χ0v) is 8.10. The van der Waals surface area contributed by atoms with Crippen LogP contribution in [0.3, 0.4) is 0 Å². The number of aromatic nitrogens is 1. The van der Waals surface area contributed by atoms with Crippen LogP contribution in [0, 0.1) is 0 Å². The second-order valence-electron chi connectivity index (χ2n) is 3.52. The number of thiazole rings is 1. The Morgan fingerprint density at radius 2 is 2.50 bits per heavy atom. The minimum Gasteiger partial charge on any atom is -0.330 e. The Hall–Kier alpha value is -0.410. The maximum absolute atomic E-state index is 5.57. The van der Waals surface area contributed by atoms with Crippen molar-refractivity contribution in [3.05, 3.63) is 16.1 Å². The summed E-state index contributed by atoms with van der Waals surface area (Å²) in [7, 11) is 0. The molecule has 1 aliphatic rings. The Balaban J connectivity index is 2.12. The molecule has 2 nitrogen and oxygen atoms in total. The van der Waals surface area contributed by atoms with E-state index in [1.807, 2.05) is 0 Å². The number of nitrogens with zero attached hydrogens (tertiary/aromatic N) is 1. The first kappa shape index (κ1) is 8.20. The van der Waals surface area contributed by atoms with Crippen molar-refractivity contribution in [3.63, 3.8) is 0 Å². The van der Waals surface area contributed by atoms with Crippen molar-refractivity contribution in [2.45, 2.75) is 31.6 Å². The molecule has 1 fully saturated rings. The van der Waals surface area contributed by atoms with Gasteiger partial charge in [0, 0.05) is 23.8 Å². The minimum atomic E-state index is 0.433. The van der Waals surface area contributed by atoms with Crippen LogP contribution in [0.15, 0.2) is 5.38 Å². The number of hydrogen-bond donors (Lipinski definition) is 1. The van der Waals surface area contributed by atoms with Gasteiger partial charge in [-0.05, 0) is 12.8 Å². The first-order chi connectivity index (χ1) is 5.81. The van der Waals surface area contributed by atoms with Gasteiger partial charge >= 0.3 is 0 Å². The summed E-state index contributed by atoms with van der Waals surface area (Å²) >= 11 is 1.76. The van der Waals surface area contributed by atoms with Crippen LogP contribution < -0.4 is 5.73 Å². The highest BCUT2D eigenvalue weighted by atomic mass is 32.1. The number of rotatable bonds is 3. The lowest BCUT2D eigenvalue weighted by Gasteiger charge is -2.01. The van der Waals surface area contributed by atoms with E-state index in [0.29, 0.717) is 12.5 Å². The molecule has 0 radical (unpaired) electrons. The summed E-state index contributed by atoms with van der Waals surface area (Å²) in [4.78, 5) is 4.58. The van der Waals surface area contributed by atoms with Crippen LogP contribution in [-0.2, 0) is 0 Å². The van der Waals surface area contributed by atoms with Crippen LogP contribution in [0.5, 0.6) is 0 Å². The minimum absolute atomic E-state index is 0.433. The van der Waals surface area contributed by atoms with Crippen molar-refractivity contribution in [2.75, 3.05) is 6.54 Å². The first-order valence-corrected chi connectivity index (χ1v) is 5.34. The van der Waals surface area contributed by atoms with Crippen molar-refractivity contribution in [2.24, 2.45) is 5.73 Å². The third-order valence-electron chi connectivity index (χ3n) is 2.31. The Morgan fingerprint density at radius 1 is 1.75 bits per heavy atom. The predicted octanol–water partition coefficient (Wildman–Crippen LogP) is 2.08. The van der Waals surface area contributed by atoms with Crippen LogP contribution in [0.4, 0.5) is 0 Å². The maximum Gasteiger partial charge on any atom is 0.0969 e. The molecule has 1 atom stereocenters. The lowest BCUT2D eigenvalue weighted by molar-refractivity contribution is 0.759. The van der Waals surface area contributed by atoms with E-state index in [1.54, 1.807) is 11.3 Å². The first-order valence-electron chi connectivity index (χ1n) is 4.46. The highest BCUT2D eigenvalue weighted by Gasteiger charge is 2.26. The van der Waals surface area contributed by atoms with Gasteiger partial charge in [0.15, 0.2) is 0 Å². The molecule has 2 rings (SSSR count). The topological polar surface area (TPSA) is 38.9 Å². The van der Waals surface area contributed by atoms with Crippen LogP contribution in [-0.4, -0.2) is 11.5 Å². The van der Waals surface area contributed by atoms with Crippen LogP contribution in [0.25, 0.3) is 0 Å². The zero-order chi connectivity index (χ0) is 8.55. The lowest BCUT2D eigenvalue weighted by Crippen LogP contribution is -2.08. The Bertz CT molecular complexity index is 265. The van der Waals surface area contributed by atoms with E-state index in [9.17, 15) is 0 Å². The summed E-state index contributed by atoms with van der Waals surface area (Å²) in [6.45, 7) is 2.84. The molecular weight excluding hydrogens is 168 g/mol. The molecule has 1 aromatic heterocycles. The molecule has 1 aromatic rings. The molecule has 12 heavy (non-hydrogen) atoms. The average molecular weight is 182 g/mol. The monoisotopic (exact) mass is 182 g/mol. The van der Waals surface area contributed by atoms with Gasteiger partial charge in [0.1, 0.15) is 0 Å². The standard InChI is InChI=1S/C9H14N2S/c1-6(4-10)9-11-8(5-12-9)7-2-3-7/h5-7H,2-4,10H2,1H3. The van der Waals surface area contributed by atoms with E-state index in [1.165, 1.54) is 23.5 Å². The normalized spacial score (nSPS) is 19.5. The molecule has 66 valence electrons. The summed E-state index contributed by atoms with van der Waals surface area (Å²) in [5.74, 6) is 1.21. The van der Waals surface area contributed by atoms with Gasteiger partial charge in [0.25, 0.3) is 0 Å². The summed E-state index contributed by atoms with van der Waals surface area (Å²) < 4.78 is 0. The van der Waals surface area contributed by atoms with E-state index >= 15 is 0 Å². The van der Waals surface area contributed by atoms with Crippen molar-refractivity contribution in [1.82, 2.24) is 4.98 Å². The molecule has 1 aliphatic carbocycles. The highest BCUT2D eigenvalue weighted by molar-refractivity contribution is 7.09. The van der Waals surface area contributed by atoms with Crippen molar-refractivity contribution in [1.29, 1.82) is 0 Å². The summed E-state index contributed by atoms with van der Waals surface area (Å²) in [6, 6.07) is 0. The third-order valence-corrected chi connectivity index (χ3v) is 3.40. The van der Waals surface area contributed by atoms with Crippen molar-refractivity contribution < 1.29 is 0 Å². The van der Waals surface area contributed by atoms with Crippen LogP contribution >= 0.6 is 11.3 Å². The quantitative estimate of drug-likeness (QED) is 0.777. The molecule has 3 heteroatoms. The van der Waals surface area contributed by atoms with E-state index < -0.39 is 0 Å². The van der Waals surface area contributed by atoms with Crippen molar-refractivity contribution in [3.8, 4) is 0 Å². The van der Waals surface area contributed by atoms with E-state index in [4.69, 9.17) is 5.73 Å². The molecule has 2 N–H and O–H groups in total. The summed E-state index contributed by atoms with van der Waals surface area (Å²) in [5.41, 5.74) is 6.87. The number of hydrogen-bond acceptors (Lipinski definition) is 3. The molecule has 1 heterocycles. The Kier molecular flexibility index (Phi) is 2.15. The van der Waals surface area contributed by atoms with Gasteiger partial charge in [-0.15, -0.1) is 11.3 Å². The van der Waals surface area contributed by atoms with E-state index in [0.717, 1.165) is 5.92 Å². The molecule has 0 aliphatic heterocycles. The van der Waals surface area contributed by atoms with Gasteiger partial charge < -0.3 is 5.73 Å². The van der Waals surface area contributed by atoms with E-state index in [-0.39, 0.29) is 0 Å². The summed E-state index contributed by atoms with van der Waals surface area (Å²) in [5, 5.41) is 3.40. The molecule has 0 bridgehead atoms. The fraction of sp³-hybridized carbons (Fsp3) is 0.667. The number of nitrogens with two attached hydrogens (primary N) is 1. The lowest BCUT2D eigenvalue weighted by atomic mass is 10.2. The second kappa shape index (κ2) is 3.15. The second-order valence-corrected chi connectivity index (χ2v) is 4.41. The molecule has 0 aromatic carbocycles.